The smallest absolute Gasteiger partial charge is 0.00105 e. The van der Waals surface area contributed by atoms with Crippen molar-refractivity contribution in [2.45, 2.75) is 19.3 Å². The van der Waals surface area contributed by atoms with Crippen molar-refractivity contribution in [2.24, 2.45) is 0 Å². The maximum absolute atomic E-state index is 2.33. The molecule has 27 heavy (non-hydrogen) atoms. The second-order valence-corrected chi connectivity index (χ2v) is 7.30. The van der Waals surface area contributed by atoms with Gasteiger partial charge in [0.2, 0.25) is 0 Å². The first-order chi connectivity index (χ1) is 13.4. The van der Waals surface area contributed by atoms with Crippen LogP contribution in [0.15, 0.2) is 97.1 Å². The largest absolute Gasteiger partial charge is 0.0622 e. The van der Waals surface area contributed by atoms with Crippen LogP contribution in [0.4, 0.5) is 0 Å². The summed E-state index contributed by atoms with van der Waals surface area (Å²) in [5.41, 5.74) is 11.4. The van der Waals surface area contributed by atoms with Crippen LogP contribution in [0.1, 0.15) is 22.3 Å². The summed E-state index contributed by atoms with van der Waals surface area (Å²) in [5.74, 6) is 0. The van der Waals surface area contributed by atoms with Gasteiger partial charge >= 0.3 is 0 Å². The molecule has 1 aliphatic rings. The average molecular weight is 346 g/mol. The second-order valence-electron chi connectivity index (χ2n) is 7.30. The Morgan fingerprint density at radius 3 is 2.00 bits per heavy atom. The zero-order valence-electron chi connectivity index (χ0n) is 15.4. The molecule has 0 aliphatic heterocycles. The van der Waals surface area contributed by atoms with E-state index in [0.717, 1.165) is 19.3 Å². The van der Waals surface area contributed by atoms with Gasteiger partial charge in [-0.1, -0.05) is 97.1 Å². The van der Waals surface area contributed by atoms with Gasteiger partial charge < -0.3 is 0 Å². The van der Waals surface area contributed by atoms with Gasteiger partial charge in [-0.15, -0.1) is 0 Å². The molecular formula is C27H22. The fourth-order valence-corrected chi connectivity index (χ4v) is 4.36. The van der Waals surface area contributed by atoms with E-state index >= 15 is 0 Å². The molecular weight excluding hydrogens is 324 g/mol. The molecule has 4 aromatic carbocycles. The van der Waals surface area contributed by atoms with E-state index < -0.39 is 0 Å². The Balaban J connectivity index is 1.61. The lowest BCUT2D eigenvalue weighted by atomic mass is 9.88. The van der Waals surface area contributed by atoms with Crippen LogP contribution in [-0.2, 0) is 19.3 Å². The molecule has 0 nitrogen and oxygen atoms in total. The van der Waals surface area contributed by atoms with Crippen molar-refractivity contribution in [1.29, 1.82) is 0 Å². The van der Waals surface area contributed by atoms with Crippen molar-refractivity contribution in [2.75, 3.05) is 0 Å². The van der Waals surface area contributed by atoms with Crippen molar-refractivity contribution in [1.82, 2.24) is 0 Å². The normalized spacial score (nSPS) is 11.9. The first-order valence-electron chi connectivity index (χ1n) is 9.72. The summed E-state index contributed by atoms with van der Waals surface area (Å²) in [7, 11) is 0. The summed E-state index contributed by atoms with van der Waals surface area (Å²) in [4.78, 5) is 0. The van der Waals surface area contributed by atoms with E-state index in [2.05, 4.69) is 97.1 Å². The summed E-state index contributed by atoms with van der Waals surface area (Å²) >= 11 is 0. The van der Waals surface area contributed by atoms with Gasteiger partial charge in [-0.3, -0.25) is 0 Å². The van der Waals surface area contributed by atoms with Gasteiger partial charge in [0.15, 0.2) is 0 Å². The van der Waals surface area contributed by atoms with Gasteiger partial charge in [-0.2, -0.15) is 0 Å². The van der Waals surface area contributed by atoms with Gasteiger partial charge in [-0.05, 0) is 63.8 Å². The van der Waals surface area contributed by atoms with E-state index in [9.17, 15) is 0 Å². The lowest BCUT2D eigenvalue weighted by Crippen LogP contribution is -2.00. The third-order valence-corrected chi connectivity index (χ3v) is 5.70. The molecule has 1 aliphatic carbocycles. The fraction of sp³-hybridized carbons (Fsp3) is 0.111. The maximum atomic E-state index is 2.33. The van der Waals surface area contributed by atoms with Gasteiger partial charge in [0, 0.05) is 0 Å². The Kier molecular flexibility index (Phi) is 4.10. The molecule has 0 unspecified atom stereocenters. The van der Waals surface area contributed by atoms with E-state index in [0.29, 0.717) is 0 Å². The highest BCUT2D eigenvalue weighted by Gasteiger charge is 2.22. The Bertz CT molecular complexity index is 1080. The molecule has 130 valence electrons. The van der Waals surface area contributed by atoms with Gasteiger partial charge in [0.05, 0.1) is 0 Å². The molecule has 0 atom stereocenters. The van der Waals surface area contributed by atoms with Crippen molar-refractivity contribution in [3.63, 3.8) is 0 Å². The number of hydrogen-bond acceptors (Lipinski definition) is 0. The molecule has 0 fully saturated rings. The summed E-state index contributed by atoms with van der Waals surface area (Å²) in [6, 6.07) is 35.2. The van der Waals surface area contributed by atoms with E-state index in [1.54, 1.807) is 0 Å². The molecule has 0 N–H and O–H groups in total. The molecule has 0 bridgehead atoms. The highest BCUT2D eigenvalue weighted by atomic mass is 14.3. The van der Waals surface area contributed by atoms with Crippen molar-refractivity contribution in [3.05, 3.63) is 119 Å². The van der Waals surface area contributed by atoms with Gasteiger partial charge in [-0.25, -0.2) is 0 Å². The van der Waals surface area contributed by atoms with Crippen LogP contribution in [0, 0.1) is 0 Å². The highest BCUT2D eigenvalue weighted by Crippen LogP contribution is 2.42. The quantitative estimate of drug-likeness (QED) is 0.339. The number of fused-ring (bicyclic) bond motifs is 3. The number of rotatable bonds is 4. The topological polar surface area (TPSA) is 0 Å². The van der Waals surface area contributed by atoms with Crippen molar-refractivity contribution in [3.8, 4) is 22.3 Å². The molecule has 0 aromatic heterocycles. The monoisotopic (exact) mass is 346 g/mol. The summed E-state index contributed by atoms with van der Waals surface area (Å²) < 4.78 is 0. The van der Waals surface area contributed by atoms with E-state index in [-0.39, 0.29) is 0 Å². The van der Waals surface area contributed by atoms with Crippen LogP contribution in [0.3, 0.4) is 0 Å². The minimum atomic E-state index is 1.05. The fourth-order valence-electron chi connectivity index (χ4n) is 4.36. The van der Waals surface area contributed by atoms with Crippen molar-refractivity contribution >= 4 is 0 Å². The Morgan fingerprint density at radius 2 is 1.19 bits per heavy atom. The molecule has 0 heteroatoms. The van der Waals surface area contributed by atoms with Crippen LogP contribution in [0.5, 0.6) is 0 Å². The van der Waals surface area contributed by atoms with Gasteiger partial charge in [0.1, 0.15) is 0 Å². The van der Waals surface area contributed by atoms with Crippen molar-refractivity contribution < 1.29 is 0 Å². The highest BCUT2D eigenvalue weighted by molar-refractivity contribution is 5.83. The predicted octanol–water partition coefficient (Wildman–Crippen LogP) is 6.71. The SMILES string of the molecule is c1ccc(CCc2c(-c3ccccc3)ccc3c2Cc2ccccc2-3)cc1. The standard InChI is InChI=1S/C27H22/c1-3-9-20(10-4-1)15-16-25-24(21-11-5-2-6-12-21)17-18-26-23-14-8-7-13-22(23)19-27(25)26/h1-14,17-18H,15-16,19H2. The number of hydrogen-bond donors (Lipinski definition) is 0. The van der Waals surface area contributed by atoms with Crippen LogP contribution in [-0.4, -0.2) is 0 Å². The predicted molar refractivity (Wildman–Crippen MR) is 114 cm³/mol. The van der Waals surface area contributed by atoms with E-state index in [1.807, 2.05) is 0 Å². The zero-order valence-corrected chi connectivity index (χ0v) is 15.4. The van der Waals surface area contributed by atoms with Crippen LogP contribution < -0.4 is 0 Å². The Hall–Kier alpha value is -3.12. The van der Waals surface area contributed by atoms with E-state index in [1.165, 1.54) is 44.5 Å². The van der Waals surface area contributed by atoms with Gasteiger partial charge in [0.25, 0.3) is 0 Å². The molecule has 0 radical (unpaired) electrons. The first kappa shape index (κ1) is 16.1. The molecule has 4 aromatic rings. The molecule has 0 saturated carbocycles. The van der Waals surface area contributed by atoms with Crippen LogP contribution >= 0.6 is 0 Å². The Morgan fingerprint density at radius 1 is 0.519 bits per heavy atom. The summed E-state index contributed by atoms with van der Waals surface area (Å²) in [6.07, 6.45) is 3.20. The molecule has 0 amide bonds. The summed E-state index contributed by atoms with van der Waals surface area (Å²) in [5, 5.41) is 0. The number of benzene rings is 4. The number of aryl methyl sites for hydroxylation is 1. The molecule has 0 spiro atoms. The van der Waals surface area contributed by atoms with Crippen LogP contribution in [0.25, 0.3) is 22.3 Å². The molecule has 5 rings (SSSR count). The molecule has 0 heterocycles. The third kappa shape index (κ3) is 2.98. The van der Waals surface area contributed by atoms with Crippen LogP contribution in [0.2, 0.25) is 0 Å². The first-order valence-corrected chi connectivity index (χ1v) is 9.72. The third-order valence-electron chi connectivity index (χ3n) is 5.70. The maximum Gasteiger partial charge on any atom is -0.00105 e. The summed E-state index contributed by atoms with van der Waals surface area (Å²) in [6.45, 7) is 0. The van der Waals surface area contributed by atoms with E-state index in [4.69, 9.17) is 0 Å². The lowest BCUT2D eigenvalue weighted by molar-refractivity contribution is 0.945. The average Bonchev–Trinajstić information content (AvgIpc) is 3.12. The Labute approximate surface area is 161 Å². The zero-order chi connectivity index (χ0) is 18.1. The molecule has 0 saturated heterocycles. The second kappa shape index (κ2) is 6.89. The minimum Gasteiger partial charge on any atom is -0.0622 e. The lowest BCUT2D eigenvalue weighted by Gasteiger charge is -2.16. The minimum absolute atomic E-state index is 1.05.